The molecule has 5 heteroatoms. The smallest absolute Gasteiger partial charge is 0.241 e. The van der Waals surface area contributed by atoms with E-state index in [1.807, 2.05) is 52.0 Å². The van der Waals surface area contributed by atoms with Gasteiger partial charge in [0, 0.05) is 6.04 Å². The first-order chi connectivity index (χ1) is 12.2. The van der Waals surface area contributed by atoms with Gasteiger partial charge >= 0.3 is 0 Å². The Balaban J connectivity index is 2.47. The first-order valence-corrected chi connectivity index (χ1v) is 10.5. The van der Waals surface area contributed by atoms with Crippen molar-refractivity contribution in [2.45, 2.75) is 57.9 Å². The number of sulfonamides is 1. The summed E-state index contributed by atoms with van der Waals surface area (Å²) in [5.74, 6) is 0.889. The molecule has 142 valence electrons. The lowest BCUT2D eigenvalue weighted by atomic mass is 10.0. The lowest BCUT2D eigenvalue weighted by Crippen LogP contribution is -2.29. The summed E-state index contributed by atoms with van der Waals surface area (Å²) in [5.41, 5.74) is 3.66. The lowest BCUT2D eigenvalue weighted by molar-refractivity contribution is 0.406. The Morgan fingerprint density at radius 2 is 1.69 bits per heavy atom. The minimum atomic E-state index is -3.65. The molecule has 0 spiro atoms. The molecule has 0 bridgehead atoms. The molecule has 4 nitrogen and oxygen atoms in total. The van der Waals surface area contributed by atoms with E-state index in [4.69, 9.17) is 4.74 Å². The number of ether oxygens (including phenoxy) is 1. The minimum absolute atomic E-state index is 0.165. The van der Waals surface area contributed by atoms with Gasteiger partial charge in [-0.1, -0.05) is 45.0 Å². The summed E-state index contributed by atoms with van der Waals surface area (Å²) in [6.07, 6.45) is 0.677. The molecule has 26 heavy (non-hydrogen) atoms. The summed E-state index contributed by atoms with van der Waals surface area (Å²) in [7, 11) is -2.04. The molecule has 0 amide bonds. The number of hydrogen-bond donors (Lipinski definition) is 1. The molecule has 0 aromatic heterocycles. The van der Waals surface area contributed by atoms with Crippen LogP contribution in [0, 0.1) is 13.8 Å². The standard InChI is InChI=1S/C21H29NO3S/c1-7-19(17-11-9-8-10-15(17)4)22-26(23,24)21-13-18(14(2)3)20(25-6)12-16(21)5/h8-14,19,22H,7H2,1-6H3/t19-/m0/s1. The Kier molecular flexibility index (Phi) is 6.48. The number of nitrogens with one attached hydrogen (secondary N) is 1. The Hall–Kier alpha value is -1.85. The molecule has 0 saturated heterocycles. The third-order valence-corrected chi connectivity index (χ3v) is 6.32. The van der Waals surface area contributed by atoms with Crippen LogP contribution in [0.1, 0.15) is 61.4 Å². The molecule has 2 rings (SSSR count). The number of benzene rings is 2. The quantitative estimate of drug-likeness (QED) is 0.751. The van der Waals surface area contributed by atoms with Crippen molar-refractivity contribution in [2.75, 3.05) is 7.11 Å². The number of methoxy groups -OCH3 is 1. The fourth-order valence-corrected chi connectivity index (χ4v) is 4.75. The van der Waals surface area contributed by atoms with Crippen molar-refractivity contribution in [3.8, 4) is 5.75 Å². The first kappa shape index (κ1) is 20.5. The largest absolute Gasteiger partial charge is 0.496 e. The van der Waals surface area contributed by atoms with Gasteiger partial charge in [0.05, 0.1) is 12.0 Å². The van der Waals surface area contributed by atoms with Gasteiger partial charge in [-0.2, -0.15) is 0 Å². The zero-order chi connectivity index (χ0) is 19.5. The van der Waals surface area contributed by atoms with Crippen LogP contribution in [0.5, 0.6) is 5.75 Å². The van der Waals surface area contributed by atoms with E-state index in [-0.39, 0.29) is 12.0 Å². The molecule has 2 aromatic rings. The number of hydrogen-bond acceptors (Lipinski definition) is 3. The van der Waals surface area contributed by atoms with Gasteiger partial charge in [-0.05, 0) is 60.6 Å². The van der Waals surface area contributed by atoms with E-state index in [9.17, 15) is 8.42 Å². The van der Waals surface area contributed by atoms with Crippen LogP contribution in [-0.2, 0) is 10.0 Å². The average Bonchev–Trinajstić information content (AvgIpc) is 2.59. The fourth-order valence-electron chi connectivity index (χ4n) is 3.19. The molecule has 0 saturated carbocycles. The summed E-state index contributed by atoms with van der Waals surface area (Å²) in [6.45, 7) is 9.84. The van der Waals surface area contributed by atoms with Crippen molar-refractivity contribution in [2.24, 2.45) is 0 Å². The number of rotatable bonds is 7. The van der Waals surface area contributed by atoms with Crippen molar-refractivity contribution in [3.63, 3.8) is 0 Å². The molecule has 0 aliphatic rings. The van der Waals surface area contributed by atoms with Crippen LogP contribution in [0.25, 0.3) is 0 Å². The average molecular weight is 376 g/mol. The highest BCUT2D eigenvalue weighted by Gasteiger charge is 2.25. The Bertz CT molecular complexity index is 873. The zero-order valence-corrected chi connectivity index (χ0v) is 17.3. The molecule has 0 aliphatic heterocycles. The second-order valence-corrected chi connectivity index (χ2v) is 8.64. The second kappa shape index (κ2) is 8.23. The summed E-state index contributed by atoms with van der Waals surface area (Å²) < 4.78 is 34.6. The van der Waals surface area contributed by atoms with Gasteiger partial charge in [-0.15, -0.1) is 0 Å². The van der Waals surface area contributed by atoms with Gasteiger partial charge in [0.2, 0.25) is 10.0 Å². The predicted molar refractivity (Wildman–Crippen MR) is 106 cm³/mol. The highest BCUT2D eigenvalue weighted by molar-refractivity contribution is 7.89. The van der Waals surface area contributed by atoms with Crippen LogP contribution < -0.4 is 9.46 Å². The molecule has 1 N–H and O–H groups in total. The zero-order valence-electron chi connectivity index (χ0n) is 16.5. The summed E-state index contributed by atoms with van der Waals surface area (Å²) >= 11 is 0. The SMILES string of the molecule is CC[C@H](NS(=O)(=O)c1cc(C(C)C)c(OC)cc1C)c1ccccc1C. The van der Waals surface area contributed by atoms with Gasteiger partial charge in [-0.25, -0.2) is 13.1 Å². The summed E-state index contributed by atoms with van der Waals surface area (Å²) in [4.78, 5) is 0.314. The monoisotopic (exact) mass is 375 g/mol. The van der Waals surface area contributed by atoms with Crippen LogP contribution in [0.2, 0.25) is 0 Å². The van der Waals surface area contributed by atoms with E-state index in [0.717, 1.165) is 22.4 Å². The predicted octanol–water partition coefficient (Wildman–Crippen LogP) is 4.87. The molecule has 0 radical (unpaired) electrons. The van der Waals surface area contributed by atoms with Crippen LogP contribution >= 0.6 is 0 Å². The van der Waals surface area contributed by atoms with Crippen molar-refractivity contribution >= 4 is 10.0 Å². The molecule has 0 aliphatic carbocycles. The Morgan fingerprint density at radius 1 is 1.04 bits per heavy atom. The van der Waals surface area contributed by atoms with E-state index in [2.05, 4.69) is 4.72 Å². The van der Waals surface area contributed by atoms with Gasteiger partial charge in [-0.3, -0.25) is 0 Å². The van der Waals surface area contributed by atoms with Gasteiger partial charge in [0.1, 0.15) is 5.75 Å². The molecular weight excluding hydrogens is 346 g/mol. The van der Waals surface area contributed by atoms with Crippen LogP contribution in [0.4, 0.5) is 0 Å². The molecule has 2 aromatic carbocycles. The van der Waals surface area contributed by atoms with Crippen molar-refractivity contribution in [3.05, 3.63) is 58.7 Å². The lowest BCUT2D eigenvalue weighted by Gasteiger charge is -2.21. The van der Waals surface area contributed by atoms with E-state index in [0.29, 0.717) is 16.9 Å². The fraction of sp³-hybridized carbons (Fsp3) is 0.429. The molecular formula is C21H29NO3S. The maximum Gasteiger partial charge on any atom is 0.241 e. The number of aryl methyl sites for hydroxylation is 2. The maximum absolute atomic E-state index is 13.1. The Labute approximate surface area is 157 Å². The normalized spacial score (nSPS) is 13.0. The van der Waals surface area contributed by atoms with Crippen LogP contribution in [0.3, 0.4) is 0 Å². The van der Waals surface area contributed by atoms with Crippen molar-refractivity contribution in [1.82, 2.24) is 4.72 Å². The van der Waals surface area contributed by atoms with Crippen LogP contribution in [-0.4, -0.2) is 15.5 Å². The third kappa shape index (κ3) is 4.27. The molecule has 1 atom stereocenters. The first-order valence-electron chi connectivity index (χ1n) is 8.97. The minimum Gasteiger partial charge on any atom is -0.496 e. The van der Waals surface area contributed by atoms with E-state index >= 15 is 0 Å². The van der Waals surface area contributed by atoms with Crippen molar-refractivity contribution < 1.29 is 13.2 Å². The molecule has 0 fully saturated rings. The Morgan fingerprint density at radius 3 is 2.23 bits per heavy atom. The van der Waals surface area contributed by atoms with Crippen molar-refractivity contribution in [1.29, 1.82) is 0 Å². The second-order valence-electron chi connectivity index (χ2n) is 6.95. The summed E-state index contributed by atoms with van der Waals surface area (Å²) in [5, 5.41) is 0. The topological polar surface area (TPSA) is 55.4 Å². The van der Waals surface area contributed by atoms with Crippen LogP contribution in [0.15, 0.2) is 41.3 Å². The van der Waals surface area contributed by atoms with Gasteiger partial charge < -0.3 is 4.74 Å². The van der Waals surface area contributed by atoms with E-state index in [1.165, 1.54) is 0 Å². The molecule has 0 unspecified atom stereocenters. The third-order valence-electron chi connectivity index (χ3n) is 4.71. The van der Waals surface area contributed by atoms with Gasteiger partial charge in [0.15, 0.2) is 0 Å². The van der Waals surface area contributed by atoms with Gasteiger partial charge in [0.25, 0.3) is 0 Å². The highest BCUT2D eigenvalue weighted by Crippen LogP contribution is 2.32. The highest BCUT2D eigenvalue weighted by atomic mass is 32.2. The summed E-state index contributed by atoms with van der Waals surface area (Å²) in [6, 6.07) is 11.2. The maximum atomic E-state index is 13.1. The van der Waals surface area contributed by atoms with E-state index < -0.39 is 10.0 Å². The van der Waals surface area contributed by atoms with E-state index in [1.54, 1.807) is 26.2 Å². The molecule has 0 heterocycles.